The Kier molecular flexibility index (Phi) is 4.05. The smallest absolute Gasteiger partial charge is 0.318 e. The zero-order chi connectivity index (χ0) is 13.8. The fourth-order valence-corrected chi connectivity index (χ4v) is 3.14. The molecule has 1 heterocycles. The first-order valence-electron chi connectivity index (χ1n) is 7.59. The first kappa shape index (κ1) is 13.2. The summed E-state index contributed by atoms with van der Waals surface area (Å²) in [7, 11) is 0. The number of rotatable bonds is 4. The van der Waals surface area contributed by atoms with Crippen molar-refractivity contribution in [3.63, 3.8) is 0 Å². The van der Waals surface area contributed by atoms with Crippen molar-refractivity contribution in [3.8, 4) is 0 Å². The SMILES string of the molecule is O=C1NCC(CC2=CCCCC2)N1Cc1ccccc1. The molecule has 1 unspecified atom stereocenters. The highest BCUT2D eigenvalue weighted by Crippen LogP contribution is 2.25. The lowest BCUT2D eigenvalue weighted by molar-refractivity contribution is 0.200. The predicted octanol–water partition coefficient (Wildman–Crippen LogP) is 3.47. The largest absolute Gasteiger partial charge is 0.336 e. The van der Waals surface area contributed by atoms with E-state index < -0.39 is 0 Å². The van der Waals surface area contributed by atoms with Crippen LogP contribution in [0.3, 0.4) is 0 Å². The second kappa shape index (κ2) is 6.12. The molecule has 1 aromatic rings. The van der Waals surface area contributed by atoms with E-state index in [2.05, 4.69) is 23.5 Å². The van der Waals surface area contributed by atoms with Crippen LogP contribution < -0.4 is 5.32 Å². The molecular formula is C17H22N2O. The van der Waals surface area contributed by atoms with Crippen LogP contribution in [0.1, 0.15) is 37.7 Å². The summed E-state index contributed by atoms with van der Waals surface area (Å²) in [6.45, 7) is 1.49. The van der Waals surface area contributed by atoms with Crippen LogP contribution in [0.4, 0.5) is 4.79 Å². The maximum atomic E-state index is 12.0. The number of urea groups is 1. The zero-order valence-electron chi connectivity index (χ0n) is 11.8. The Labute approximate surface area is 120 Å². The summed E-state index contributed by atoms with van der Waals surface area (Å²) < 4.78 is 0. The van der Waals surface area contributed by atoms with Gasteiger partial charge in [-0.25, -0.2) is 4.79 Å². The zero-order valence-corrected chi connectivity index (χ0v) is 11.8. The van der Waals surface area contributed by atoms with Crippen molar-refractivity contribution in [1.82, 2.24) is 10.2 Å². The van der Waals surface area contributed by atoms with E-state index in [1.807, 2.05) is 23.1 Å². The van der Waals surface area contributed by atoms with Crippen LogP contribution >= 0.6 is 0 Å². The molecule has 1 fully saturated rings. The normalized spacial score (nSPS) is 22.6. The number of nitrogens with zero attached hydrogens (tertiary/aromatic N) is 1. The summed E-state index contributed by atoms with van der Waals surface area (Å²) in [5, 5.41) is 2.99. The maximum Gasteiger partial charge on any atom is 0.318 e. The molecule has 1 aliphatic carbocycles. The van der Waals surface area contributed by atoms with Crippen molar-refractivity contribution < 1.29 is 4.79 Å². The van der Waals surface area contributed by atoms with Crippen LogP contribution in [0.5, 0.6) is 0 Å². The minimum atomic E-state index is 0.0789. The second-order valence-corrected chi connectivity index (χ2v) is 5.77. The molecule has 0 radical (unpaired) electrons. The molecule has 0 bridgehead atoms. The molecule has 2 amide bonds. The molecule has 0 saturated carbocycles. The van der Waals surface area contributed by atoms with Gasteiger partial charge in [0.15, 0.2) is 0 Å². The minimum absolute atomic E-state index is 0.0789. The predicted molar refractivity (Wildman–Crippen MR) is 80.3 cm³/mol. The summed E-state index contributed by atoms with van der Waals surface area (Å²) in [5.74, 6) is 0. The first-order chi connectivity index (χ1) is 9.83. The molecule has 0 spiro atoms. The quantitative estimate of drug-likeness (QED) is 0.835. The van der Waals surface area contributed by atoms with Gasteiger partial charge in [0.25, 0.3) is 0 Å². The lowest BCUT2D eigenvalue weighted by Crippen LogP contribution is -2.34. The number of allylic oxidation sites excluding steroid dienone is 1. The van der Waals surface area contributed by atoms with Gasteiger partial charge in [-0.15, -0.1) is 0 Å². The van der Waals surface area contributed by atoms with E-state index in [9.17, 15) is 4.79 Å². The van der Waals surface area contributed by atoms with Crippen LogP contribution in [0.25, 0.3) is 0 Å². The monoisotopic (exact) mass is 270 g/mol. The van der Waals surface area contributed by atoms with Gasteiger partial charge in [0, 0.05) is 13.1 Å². The van der Waals surface area contributed by atoms with Crippen molar-refractivity contribution >= 4 is 6.03 Å². The average Bonchev–Trinajstić information content (AvgIpc) is 2.83. The fraction of sp³-hybridized carbons (Fsp3) is 0.471. The Morgan fingerprint density at radius 3 is 2.80 bits per heavy atom. The van der Waals surface area contributed by atoms with Gasteiger partial charge in [0.1, 0.15) is 0 Å². The van der Waals surface area contributed by atoms with Crippen molar-refractivity contribution in [2.75, 3.05) is 6.54 Å². The van der Waals surface area contributed by atoms with E-state index >= 15 is 0 Å². The number of benzene rings is 1. The molecule has 20 heavy (non-hydrogen) atoms. The topological polar surface area (TPSA) is 32.3 Å². The number of carbonyl (C=O) groups excluding carboxylic acids is 1. The molecule has 3 nitrogen and oxygen atoms in total. The number of hydrogen-bond acceptors (Lipinski definition) is 1. The molecule has 2 aliphatic rings. The molecule has 1 N–H and O–H groups in total. The van der Waals surface area contributed by atoms with Crippen molar-refractivity contribution in [2.45, 2.75) is 44.7 Å². The summed E-state index contributed by atoms with van der Waals surface area (Å²) in [6.07, 6.45) is 8.46. The van der Waals surface area contributed by atoms with Gasteiger partial charge >= 0.3 is 6.03 Å². The summed E-state index contributed by atoms with van der Waals surface area (Å²) in [6, 6.07) is 10.6. The second-order valence-electron chi connectivity index (χ2n) is 5.77. The Morgan fingerprint density at radius 2 is 2.05 bits per heavy atom. The number of nitrogens with one attached hydrogen (secondary N) is 1. The van der Waals surface area contributed by atoms with Gasteiger partial charge in [0.05, 0.1) is 6.04 Å². The van der Waals surface area contributed by atoms with E-state index in [4.69, 9.17) is 0 Å². The summed E-state index contributed by atoms with van der Waals surface area (Å²) in [5.41, 5.74) is 2.74. The average molecular weight is 270 g/mol. The molecule has 1 aromatic carbocycles. The Balaban J connectivity index is 1.67. The molecule has 1 atom stereocenters. The fourth-order valence-electron chi connectivity index (χ4n) is 3.14. The third-order valence-electron chi connectivity index (χ3n) is 4.27. The van der Waals surface area contributed by atoms with E-state index in [-0.39, 0.29) is 6.03 Å². The Bertz CT molecular complexity index is 495. The van der Waals surface area contributed by atoms with Crippen molar-refractivity contribution in [3.05, 3.63) is 47.5 Å². The standard InChI is InChI=1S/C17H22N2O/c20-17-18-12-16(11-14-7-3-1-4-8-14)19(17)13-15-9-5-2-6-10-15/h2,5-7,9-10,16H,1,3-4,8,11-13H2,(H,18,20). The molecule has 0 aromatic heterocycles. The number of carbonyl (C=O) groups is 1. The third-order valence-corrected chi connectivity index (χ3v) is 4.27. The molecule has 1 aliphatic heterocycles. The highest BCUT2D eigenvalue weighted by atomic mass is 16.2. The van der Waals surface area contributed by atoms with Crippen LogP contribution in [0.2, 0.25) is 0 Å². The first-order valence-corrected chi connectivity index (χ1v) is 7.59. The lowest BCUT2D eigenvalue weighted by atomic mass is 9.94. The Morgan fingerprint density at radius 1 is 1.20 bits per heavy atom. The van der Waals surface area contributed by atoms with Gasteiger partial charge in [-0.05, 0) is 37.7 Å². The van der Waals surface area contributed by atoms with Crippen molar-refractivity contribution in [1.29, 1.82) is 0 Å². The molecule has 3 rings (SSSR count). The van der Waals surface area contributed by atoms with Crippen LogP contribution in [-0.4, -0.2) is 23.5 Å². The maximum absolute atomic E-state index is 12.0. The van der Waals surface area contributed by atoms with Gasteiger partial charge < -0.3 is 10.2 Å². The van der Waals surface area contributed by atoms with Crippen LogP contribution in [0.15, 0.2) is 42.0 Å². The van der Waals surface area contributed by atoms with Crippen molar-refractivity contribution in [2.24, 2.45) is 0 Å². The summed E-state index contributed by atoms with van der Waals surface area (Å²) >= 11 is 0. The molecule has 3 heteroatoms. The number of amides is 2. The highest BCUT2D eigenvalue weighted by Gasteiger charge is 2.31. The van der Waals surface area contributed by atoms with Gasteiger partial charge in [-0.2, -0.15) is 0 Å². The summed E-state index contributed by atoms with van der Waals surface area (Å²) in [4.78, 5) is 14.0. The van der Waals surface area contributed by atoms with E-state index in [0.717, 1.165) is 13.0 Å². The van der Waals surface area contributed by atoms with Gasteiger partial charge in [-0.1, -0.05) is 42.0 Å². The minimum Gasteiger partial charge on any atom is -0.336 e. The molecule has 1 saturated heterocycles. The van der Waals surface area contributed by atoms with E-state index in [0.29, 0.717) is 12.6 Å². The molecule has 106 valence electrons. The van der Waals surface area contributed by atoms with Crippen LogP contribution in [-0.2, 0) is 6.54 Å². The van der Waals surface area contributed by atoms with E-state index in [1.165, 1.54) is 36.8 Å². The van der Waals surface area contributed by atoms with Gasteiger partial charge in [-0.3, -0.25) is 0 Å². The van der Waals surface area contributed by atoms with Crippen LogP contribution in [0, 0.1) is 0 Å². The van der Waals surface area contributed by atoms with Gasteiger partial charge in [0.2, 0.25) is 0 Å². The molecular weight excluding hydrogens is 248 g/mol. The highest BCUT2D eigenvalue weighted by molar-refractivity contribution is 5.77. The third kappa shape index (κ3) is 3.03. The Hall–Kier alpha value is -1.77. The van der Waals surface area contributed by atoms with E-state index in [1.54, 1.807) is 0 Å². The lowest BCUT2D eigenvalue weighted by Gasteiger charge is -2.25. The number of hydrogen-bond donors (Lipinski definition) is 1.